The van der Waals surface area contributed by atoms with Gasteiger partial charge in [-0.25, -0.2) is 4.98 Å². The van der Waals surface area contributed by atoms with E-state index in [1.54, 1.807) is 28.8 Å². The summed E-state index contributed by atoms with van der Waals surface area (Å²) < 4.78 is 1.57. The smallest absolute Gasteiger partial charge is 0.266 e. The number of fused-ring (bicyclic) bond motifs is 1. The van der Waals surface area contributed by atoms with E-state index in [-0.39, 0.29) is 17.2 Å². The number of aromatic nitrogens is 2. The van der Waals surface area contributed by atoms with E-state index in [1.807, 2.05) is 55.5 Å². The second-order valence-corrected chi connectivity index (χ2v) is 8.46. The highest BCUT2D eigenvalue weighted by Gasteiger charge is 2.14. The number of nitrogens with zero attached hydrogens (tertiary/aromatic N) is 2. The van der Waals surface area contributed by atoms with Gasteiger partial charge in [-0.1, -0.05) is 65.3 Å². The monoisotopic (exact) mass is 449 g/mol. The molecule has 0 fully saturated rings. The molecule has 0 saturated heterocycles. The number of aryl methyl sites for hydroxylation is 1. The molecular formula is C24H20ClN3O2S. The highest BCUT2D eigenvalue weighted by atomic mass is 35.5. The Morgan fingerprint density at radius 2 is 1.74 bits per heavy atom. The Morgan fingerprint density at radius 1 is 1.03 bits per heavy atom. The molecule has 31 heavy (non-hydrogen) atoms. The molecule has 0 bridgehead atoms. The Kier molecular flexibility index (Phi) is 6.39. The SMILES string of the molecule is Cc1ccc(-n2c(SCC(=O)NCc3ccc(Cl)cc3)nc3ccccc3c2=O)cc1. The molecule has 1 aromatic heterocycles. The summed E-state index contributed by atoms with van der Waals surface area (Å²) >= 11 is 7.13. The molecule has 0 unspecified atom stereocenters. The first kappa shape index (κ1) is 21.2. The second kappa shape index (κ2) is 9.37. The number of nitrogens with one attached hydrogen (secondary N) is 1. The standard InChI is InChI=1S/C24H20ClN3O2S/c1-16-6-12-19(13-7-16)28-23(30)20-4-2-3-5-21(20)27-24(28)31-15-22(29)26-14-17-8-10-18(25)11-9-17/h2-13H,14-15H2,1H3,(H,26,29). The second-order valence-electron chi connectivity index (χ2n) is 7.08. The lowest BCUT2D eigenvalue weighted by Gasteiger charge is -2.13. The minimum absolute atomic E-state index is 0.141. The minimum Gasteiger partial charge on any atom is -0.351 e. The summed E-state index contributed by atoms with van der Waals surface area (Å²) in [5.74, 6) is 0.00217. The van der Waals surface area contributed by atoms with Crippen molar-refractivity contribution in [2.75, 3.05) is 5.75 Å². The number of benzene rings is 3. The Balaban J connectivity index is 1.58. The summed E-state index contributed by atoms with van der Waals surface area (Å²) in [5.41, 5.74) is 3.24. The number of carbonyl (C=O) groups excluding carboxylic acids is 1. The first-order valence-corrected chi connectivity index (χ1v) is 11.1. The van der Waals surface area contributed by atoms with Crippen molar-refractivity contribution in [2.45, 2.75) is 18.6 Å². The molecule has 3 aromatic carbocycles. The molecule has 7 heteroatoms. The molecule has 0 spiro atoms. The molecule has 0 radical (unpaired) electrons. The van der Waals surface area contributed by atoms with Crippen LogP contribution >= 0.6 is 23.4 Å². The predicted octanol–water partition coefficient (Wildman–Crippen LogP) is 4.76. The number of hydrogen-bond donors (Lipinski definition) is 1. The van der Waals surface area contributed by atoms with Crippen LogP contribution in [-0.4, -0.2) is 21.2 Å². The first-order chi connectivity index (χ1) is 15.0. The van der Waals surface area contributed by atoms with E-state index in [0.717, 1.165) is 16.8 Å². The molecule has 156 valence electrons. The van der Waals surface area contributed by atoms with Crippen LogP contribution in [0.15, 0.2) is 82.7 Å². The molecule has 0 aliphatic rings. The van der Waals surface area contributed by atoms with Crippen LogP contribution in [0.25, 0.3) is 16.6 Å². The number of halogens is 1. The van der Waals surface area contributed by atoms with Crippen molar-refractivity contribution < 1.29 is 4.79 Å². The summed E-state index contributed by atoms with van der Waals surface area (Å²) in [6.07, 6.45) is 0. The average Bonchev–Trinajstić information content (AvgIpc) is 2.78. The van der Waals surface area contributed by atoms with Gasteiger partial charge in [-0.15, -0.1) is 0 Å². The maximum atomic E-state index is 13.2. The molecule has 0 aliphatic heterocycles. The van der Waals surface area contributed by atoms with Crippen molar-refractivity contribution in [1.82, 2.24) is 14.9 Å². The number of carbonyl (C=O) groups is 1. The number of rotatable bonds is 6. The fraction of sp³-hybridized carbons (Fsp3) is 0.125. The third kappa shape index (κ3) is 4.98. The summed E-state index contributed by atoms with van der Waals surface area (Å²) in [5, 5.41) is 4.57. The van der Waals surface area contributed by atoms with Crippen LogP contribution in [0.1, 0.15) is 11.1 Å². The van der Waals surface area contributed by atoms with Gasteiger partial charge in [-0.3, -0.25) is 14.2 Å². The van der Waals surface area contributed by atoms with Crippen LogP contribution in [-0.2, 0) is 11.3 Å². The summed E-state index contributed by atoms with van der Waals surface area (Å²) in [6, 6.07) is 22.2. The van der Waals surface area contributed by atoms with Gasteiger partial charge in [0.25, 0.3) is 5.56 Å². The van der Waals surface area contributed by atoms with Crippen LogP contribution in [0.4, 0.5) is 0 Å². The van der Waals surface area contributed by atoms with Gasteiger partial charge in [0.15, 0.2) is 5.16 Å². The van der Waals surface area contributed by atoms with Crippen molar-refractivity contribution in [1.29, 1.82) is 0 Å². The van der Waals surface area contributed by atoms with E-state index in [2.05, 4.69) is 10.3 Å². The van der Waals surface area contributed by atoms with E-state index in [9.17, 15) is 9.59 Å². The van der Waals surface area contributed by atoms with Crippen LogP contribution < -0.4 is 10.9 Å². The molecule has 0 atom stereocenters. The Labute approximate surface area is 189 Å². The topological polar surface area (TPSA) is 64.0 Å². The third-order valence-electron chi connectivity index (χ3n) is 4.77. The molecule has 1 heterocycles. The highest BCUT2D eigenvalue weighted by Crippen LogP contribution is 2.21. The van der Waals surface area contributed by atoms with Crippen LogP contribution in [0, 0.1) is 6.92 Å². The number of hydrogen-bond acceptors (Lipinski definition) is 4. The van der Waals surface area contributed by atoms with E-state index in [0.29, 0.717) is 27.6 Å². The first-order valence-electron chi connectivity index (χ1n) is 9.74. The van der Waals surface area contributed by atoms with Crippen molar-refractivity contribution in [3.05, 3.63) is 99.3 Å². The normalized spacial score (nSPS) is 10.9. The molecular weight excluding hydrogens is 430 g/mol. The van der Waals surface area contributed by atoms with Gasteiger partial charge in [0.2, 0.25) is 5.91 Å². The average molecular weight is 450 g/mol. The number of para-hydroxylation sites is 1. The van der Waals surface area contributed by atoms with E-state index in [1.165, 1.54) is 11.8 Å². The Hall–Kier alpha value is -3.09. The van der Waals surface area contributed by atoms with Gasteiger partial charge in [0.1, 0.15) is 0 Å². The van der Waals surface area contributed by atoms with E-state index < -0.39 is 0 Å². The predicted molar refractivity (Wildman–Crippen MR) is 126 cm³/mol. The van der Waals surface area contributed by atoms with Crippen LogP contribution in [0.5, 0.6) is 0 Å². The largest absolute Gasteiger partial charge is 0.351 e. The number of thioether (sulfide) groups is 1. The van der Waals surface area contributed by atoms with Gasteiger partial charge >= 0.3 is 0 Å². The molecule has 0 saturated carbocycles. The van der Waals surface area contributed by atoms with E-state index in [4.69, 9.17) is 11.6 Å². The molecule has 4 aromatic rings. The van der Waals surface area contributed by atoms with Gasteiger partial charge in [-0.2, -0.15) is 0 Å². The fourth-order valence-corrected chi connectivity index (χ4v) is 4.08. The van der Waals surface area contributed by atoms with Crippen molar-refractivity contribution in [3.63, 3.8) is 0 Å². The van der Waals surface area contributed by atoms with Crippen molar-refractivity contribution in [2.24, 2.45) is 0 Å². The third-order valence-corrected chi connectivity index (χ3v) is 5.96. The maximum Gasteiger partial charge on any atom is 0.266 e. The van der Waals surface area contributed by atoms with Crippen LogP contribution in [0.2, 0.25) is 5.02 Å². The molecule has 1 N–H and O–H groups in total. The van der Waals surface area contributed by atoms with E-state index >= 15 is 0 Å². The minimum atomic E-state index is -0.154. The van der Waals surface area contributed by atoms with Crippen LogP contribution in [0.3, 0.4) is 0 Å². The Morgan fingerprint density at radius 3 is 2.48 bits per heavy atom. The lowest BCUT2D eigenvalue weighted by molar-refractivity contribution is -0.118. The summed E-state index contributed by atoms with van der Waals surface area (Å²) in [7, 11) is 0. The maximum absolute atomic E-state index is 13.2. The Bertz CT molecular complexity index is 1290. The van der Waals surface area contributed by atoms with Gasteiger partial charge in [0, 0.05) is 11.6 Å². The molecule has 0 aliphatic carbocycles. The molecule has 5 nitrogen and oxygen atoms in total. The van der Waals surface area contributed by atoms with Gasteiger partial charge in [0.05, 0.1) is 22.3 Å². The summed E-state index contributed by atoms with van der Waals surface area (Å²) in [6.45, 7) is 2.40. The lowest BCUT2D eigenvalue weighted by atomic mass is 10.2. The molecule has 1 amide bonds. The molecule has 4 rings (SSSR count). The zero-order valence-corrected chi connectivity index (χ0v) is 18.4. The van der Waals surface area contributed by atoms with Crippen molar-refractivity contribution in [3.8, 4) is 5.69 Å². The lowest BCUT2D eigenvalue weighted by Crippen LogP contribution is -2.26. The van der Waals surface area contributed by atoms with Gasteiger partial charge < -0.3 is 5.32 Å². The van der Waals surface area contributed by atoms with Gasteiger partial charge in [-0.05, 0) is 48.9 Å². The number of amides is 1. The quantitative estimate of drug-likeness (QED) is 0.340. The van der Waals surface area contributed by atoms with Crippen molar-refractivity contribution >= 4 is 40.2 Å². The summed E-state index contributed by atoms with van der Waals surface area (Å²) in [4.78, 5) is 30.3. The highest BCUT2D eigenvalue weighted by molar-refractivity contribution is 7.99. The zero-order valence-electron chi connectivity index (χ0n) is 16.8. The fourth-order valence-electron chi connectivity index (χ4n) is 3.11. The zero-order chi connectivity index (χ0) is 21.8.